The number of hydrogen-bond donors (Lipinski definition) is 2. The van der Waals surface area contributed by atoms with E-state index in [9.17, 15) is 5.11 Å². The molecule has 2 aromatic carbocycles. The predicted octanol–water partition coefficient (Wildman–Crippen LogP) is 3.17. The Bertz CT molecular complexity index is 939. The molecule has 2 heterocycles. The Kier molecular flexibility index (Phi) is 7.27. The molecule has 152 valence electrons. The first-order valence-corrected chi connectivity index (χ1v) is 9.48. The average Bonchev–Trinajstić information content (AvgIpc) is 3.39. The molecule has 1 aliphatic rings. The van der Waals surface area contributed by atoms with Crippen molar-refractivity contribution < 1.29 is 5.11 Å². The fraction of sp³-hybridized carbons (Fsp3) is 0.273. The van der Waals surface area contributed by atoms with Gasteiger partial charge in [-0.3, -0.25) is 4.99 Å². The molecule has 0 spiro atoms. The summed E-state index contributed by atoms with van der Waals surface area (Å²) in [5, 5.41) is 12.7. The zero-order valence-corrected chi connectivity index (χ0v) is 18.7. The summed E-state index contributed by atoms with van der Waals surface area (Å²) in [6, 6.07) is 18.6. The van der Waals surface area contributed by atoms with E-state index in [4.69, 9.17) is 0 Å². The van der Waals surface area contributed by atoms with Crippen LogP contribution in [0.5, 0.6) is 0 Å². The maximum absolute atomic E-state index is 9.19. The first-order chi connectivity index (χ1) is 13.7. The summed E-state index contributed by atoms with van der Waals surface area (Å²) in [5.41, 5.74) is 3.35. The number of imidazole rings is 1. The first kappa shape index (κ1) is 21.3. The lowest BCUT2D eigenvalue weighted by Crippen LogP contribution is -2.37. The SMILES string of the molecule is CN(Cc1nccn1Cc1ccccc1)C1=NCC(c2ccc(CO)cc2)N1.I. The smallest absolute Gasteiger partial charge is 0.194 e. The number of benzene rings is 2. The van der Waals surface area contributed by atoms with Gasteiger partial charge in [-0.1, -0.05) is 54.6 Å². The molecule has 0 radical (unpaired) electrons. The van der Waals surface area contributed by atoms with Crippen LogP contribution >= 0.6 is 24.0 Å². The highest BCUT2D eigenvalue weighted by molar-refractivity contribution is 14.0. The van der Waals surface area contributed by atoms with Crippen molar-refractivity contribution in [1.29, 1.82) is 0 Å². The number of aliphatic hydroxyl groups excluding tert-OH is 1. The van der Waals surface area contributed by atoms with Gasteiger partial charge in [0.1, 0.15) is 5.82 Å². The van der Waals surface area contributed by atoms with Crippen LogP contribution in [0, 0.1) is 0 Å². The molecule has 0 saturated carbocycles. The van der Waals surface area contributed by atoms with Crippen LogP contribution in [0.1, 0.15) is 28.6 Å². The second kappa shape index (κ2) is 9.89. The molecule has 1 unspecified atom stereocenters. The van der Waals surface area contributed by atoms with E-state index in [0.717, 1.165) is 23.9 Å². The standard InChI is InChI=1S/C22H25N5O.HI/c1-26(15-21-23-11-12-27(21)14-17-5-3-2-4-6-17)22-24-13-20(25-22)19-9-7-18(16-28)8-10-19;/h2-12,20,28H,13-16H2,1H3,(H,24,25);1H. The van der Waals surface area contributed by atoms with Crippen molar-refractivity contribution in [1.82, 2.24) is 19.8 Å². The minimum atomic E-state index is 0. The fourth-order valence-corrected chi connectivity index (χ4v) is 3.40. The van der Waals surface area contributed by atoms with Gasteiger partial charge in [0.05, 0.1) is 25.7 Å². The molecule has 0 aliphatic carbocycles. The van der Waals surface area contributed by atoms with Crippen molar-refractivity contribution in [2.75, 3.05) is 13.6 Å². The third kappa shape index (κ3) is 5.16. The number of rotatable bonds is 6. The second-order valence-corrected chi connectivity index (χ2v) is 7.07. The van der Waals surface area contributed by atoms with Crippen molar-refractivity contribution in [3.8, 4) is 0 Å². The van der Waals surface area contributed by atoms with Gasteiger partial charge in [-0.25, -0.2) is 4.98 Å². The summed E-state index contributed by atoms with van der Waals surface area (Å²) < 4.78 is 2.17. The molecule has 29 heavy (non-hydrogen) atoms. The predicted molar refractivity (Wildman–Crippen MR) is 125 cm³/mol. The molecule has 6 nitrogen and oxygen atoms in total. The molecule has 7 heteroatoms. The van der Waals surface area contributed by atoms with Crippen molar-refractivity contribution in [2.24, 2.45) is 4.99 Å². The van der Waals surface area contributed by atoms with Crippen LogP contribution in [0.3, 0.4) is 0 Å². The molecule has 4 rings (SSSR count). The summed E-state index contributed by atoms with van der Waals surface area (Å²) in [4.78, 5) is 11.3. The Balaban J connectivity index is 0.00000240. The lowest BCUT2D eigenvalue weighted by Gasteiger charge is -2.21. The van der Waals surface area contributed by atoms with Crippen molar-refractivity contribution in [3.63, 3.8) is 0 Å². The van der Waals surface area contributed by atoms with Gasteiger partial charge in [0.15, 0.2) is 5.96 Å². The van der Waals surface area contributed by atoms with E-state index < -0.39 is 0 Å². The van der Waals surface area contributed by atoms with Crippen LogP contribution in [-0.2, 0) is 19.7 Å². The maximum Gasteiger partial charge on any atom is 0.194 e. The minimum Gasteiger partial charge on any atom is -0.392 e. The molecule has 1 aliphatic heterocycles. The maximum atomic E-state index is 9.19. The molecule has 2 N–H and O–H groups in total. The highest BCUT2D eigenvalue weighted by Crippen LogP contribution is 2.19. The third-order valence-corrected chi connectivity index (χ3v) is 5.03. The van der Waals surface area contributed by atoms with E-state index in [0.29, 0.717) is 13.1 Å². The normalized spacial score (nSPS) is 15.4. The topological polar surface area (TPSA) is 65.7 Å². The van der Waals surface area contributed by atoms with E-state index in [1.165, 1.54) is 11.1 Å². The lowest BCUT2D eigenvalue weighted by atomic mass is 10.1. The zero-order chi connectivity index (χ0) is 19.3. The van der Waals surface area contributed by atoms with Gasteiger partial charge in [-0.2, -0.15) is 0 Å². The number of hydrogen-bond acceptors (Lipinski definition) is 5. The van der Waals surface area contributed by atoms with E-state index in [1.807, 2.05) is 49.8 Å². The van der Waals surface area contributed by atoms with Crippen molar-refractivity contribution >= 4 is 29.9 Å². The Morgan fingerprint density at radius 3 is 2.59 bits per heavy atom. The summed E-state index contributed by atoms with van der Waals surface area (Å²) in [6.07, 6.45) is 3.87. The molecule has 0 fully saturated rings. The van der Waals surface area contributed by atoms with Gasteiger partial charge in [-0.15, -0.1) is 24.0 Å². The van der Waals surface area contributed by atoms with Crippen LogP contribution in [0.15, 0.2) is 72.0 Å². The van der Waals surface area contributed by atoms with Crippen LogP contribution in [-0.4, -0.2) is 39.1 Å². The number of halogens is 1. The lowest BCUT2D eigenvalue weighted by molar-refractivity contribution is 0.282. The number of aliphatic hydroxyl groups is 1. The Labute approximate surface area is 188 Å². The minimum absolute atomic E-state index is 0. The second-order valence-electron chi connectivity index (χ2n) is 7.07. The molecule has 1 aromatic heterocycles. The van der Waals surface area contributed by atoms with Crippen LogP contribution in [0.4, 0.5) is 0 Å². The van der Waals surface area contributed by atoms with E-state index in [1.54, 1.807) is 0 Å². The number of guanidine groups is 1. The largest absolute Gasteiger partial charge is 0.392 e. The number of aromatic nitrogens is 2. The van der Waals surface area contributed by atoms with Gasteiger partial charge in [0.2, 0.25) is 0 Å². The number of nitrogens with zero attached hydrogens (tertiary/aromatic N) is 4. The molecular weight excluding hydrogens is 477 g/mol. The summed E-state index contributed by atoms with van der Waals surface area (Å²) in [6.45, 7) is 2.26. The Morgan fingerprint density at radius 2 is 1.86 bits per heavy atom. The summed E-state index contributed by atoms with van der Waals surface area (Å²) in [7, 11) is 2.03. The van der Waals surface area contributed by atoms with Gasteiger partial charge < -0.3 is 19.9 Å². The highest BCUT2D eigenvalue weighted by Gasteiger charge is 2.22. The number of aliphatic imine (C=N–C) groups is 1. The van der Waals surface area contributed by atoms with Crippen LogP contribution < -0.4 is 5.32 Å². The highest BCUT2D eigenvalue weighted by atomic mass is 127. The van der Waals surface area contributed by atoms with Gasteiger partial charge in [-0.05, 0) is 16.7 Å². The Hall–Kier alpha value is -2.39. The molecule has 0 bridgehead atoms. The van der Waals surface area contributed by atoms with Gasteiger partial charge >= 0.3 is 0 Å². The van der Waals surface area contributed by atoms with Crippen molar-refractivity contribution in [3.05, 3.63) is 89.5 Å². The molecule has 3 aromatic rings. The van der Waals surface area contributed by atoms with Crippen LogP contribution in [0.25, 0.3) is 0 Å². The molecule has 0 saturated heterocycles. The Morgan fingerprint density at radius 1 is 1.10 bits per heavy atom. The monoisotopic (exact) mass is 503 g/mol. The quantitative estimate of drug-likeness (QED) is 0.508. The third-order valence-electron chi connectivity index (χ3n) is 5.03. The molecule has 0 amide bonds. The first-order valence-electron chi connectivity index (χ1n) is 9.48. The fourth-order valence-electron chi connectivity index (χ4n) is 3.40. The van der Waals surface area contributed by atoms with Gasteiger partial charge in [0.25, 0.3) is 0 Å². The van der Waals surface area contributed by atoms with Crippen molar-refractivity contribution in [2.45, 2.75) is 25.7 Å². The van der Waals surface area contributed by atoms with E-state index in [-0.39, 0.29) is 36.6 Å². The van der Waals surface area contributed by atoms with Gasteiger partial charge in [0, 0.05) is 26.0 Å². The summed E-state index contributed by atoms with van der Waals surface area (Å²) in [5.74, 6) is 1.89. The zero-order valence-electron chi connectivity index (χ0n) is 16.4. The number of nitrogens with one attached hydrogen (secondary N) is 1. The summed E-state index contributed by atoms with van der Waals surface area (Å²) >= 11 is 0. The van der Waals surface area contributed by atoms with Crippen LogP contribution in [0.2, 0.25) is 0 Å². The molecular formula is C22H26IN5O. The average molecular weight is 503 g/mol. The molecule has 1 atom stereocenters. The van der Waals surface area contributed by atoms with E-state index in [2.05, 4.69) is 49.0 Å². The van der Waals surface area contributed by atoms with E-state index >= 15 is 0 Å².